The largest absolute Gasteiger partial charge is 0.497 e. The van der Waals surface area contributed by atoms with Crippen LogP contribution in [0.3, 0.4) is 0 Å². The lowest BCUT2D eigenvalue weighted by Crippen LogP contribution is -1.99. The molecule has 0 aliphatic rings. The summed E-state index contributed by atoms with van der Waals surface area (Å²) in [7, 11) is 1.65. The minimum Gasteiger partial charge on any atom is -0.497 e. The van der Waals surface area contributed by atoms with E-state index in [1.807, 2.05) is 72.8 Å². The van der Waals surface area contributed by atoms with Crippen molar-refractivity contribution >= 4 is 16.9 Å². The molecule has 0 fully saturated rings. The smallest absolute Gasteiger partial charge is 0.303 e. The van der Waals surface area contributed by atoms with E-state index in [1.165, 1.54) is 0 Å². The first kappa shape index (κ1) is 21.5. The van der Waals surface area contributed by atoms with E-state index in [-0.39, 0.29) is 6.42 Å². The van der Waals surface area contributed by atoms with E-state index in [9.17, 15) is 4.79 Å². The van der Waals surface area contributed by atoms with E-state index in [2.05, 4.69) is 0 Å². The highest BCUT2D eigenvalue weighted by molar-refractivity contribution is 6.05. The molecule has 1 aromatic heterocycles. The van der Waals surface area contributed by atoms with Gasteiger partial charge in [-0.1, -0.05) is 48.5 Å². The van der Waals surface area contributed by atoms with Gasteiger partial charge >= 0.3 is 5.97 Å². The quantitative estimate of drug-likeness (QED) is 0.280. The van der Waals surface area contributed by atoms with Gasteiger partial charge in [0.25, 0.3) is 0 Å². The first-order valence-electron chi connectivity index (χ1n) is 10.8. The maximum atomic E-state index is 10.7. The van der Waals surface area contributed by atoms with Crippen molar-refractivity contribution in [3.8, 4) is 33.9 Å². The zero-order valence-electron chi connectivity index (χ0n) is 18.0. The lowest BCUT2D eigenvalue weighted by atomic mass is 9.98. The molecule has 1 N–H and O–H groups in total. The monoisotopic (exact) mass is 430 g/mol. The van der Waals surface area contributed by atoms with Gasteiger partial charge in [0.15, 0.2) is 0 Å². The topological polar surface area (TPSA) is 68.9 Å². The van der Waals surface area contributed by atoms with Crippen LogP contribution >= 0.6 is 0 Å². The molecule has 0 aliphatic heterocycles. The number of methoxy groups -OCH3 is 1. The number of carbonyl (C=O) groups is 1. The van der Waals surface area contributed by atoms with Crippen LogP contribution in [0, 0.1) is 0 Å². The van der Waals surface area contributed by atoms with Gasteiger partial charge in [0.1, 0.15) is 22.8 Å². The molecule has 0 atom stereocenters. The van der Waals surface area contributed by atoms with Gasteiger partial charge in [0.2, 0.25) is 0 Å². The number of fused-ring (bicyclic) bond motifs is 1. The highest BCUT2D eigenvalue weighted by Crippen LogP contribution is 2.44. The van der Waals surface area contributed by atoms with Crippen LogP contribution < -0.4 is 9.47 Å². The molecule has 0 amide bonds. The van der Waals surface area contributed by atoms with Crippen molar-refractivity contribution in [2.75, 3.05) is 13.7 Å². The molecule has 5 heteroatoms. The Bertz CT molecular complexity index is 1180. The van der Waals surface area contributed by atoms with Crippen LogP contribution in [0.2, 0.25) is 0 Å². The zero-order valence-corrected chi connectivity index (χ0v) is 18.0. The standard InChI is InChI=1S/C27H26O5/c1-30-21-16-14-19(15-17-21)25-26-22(31-18-7-3-6-13-24(28)29)11-8-12-23(26)32-27(25)20-9-4-2-5-10-20/h2,4-5,8-12,14-17H,3,6-7,13,18H2,1H3,(H,28,29). The van der Waals surface area contributed by atoms with Crippen molar-refractivity contribution in [2.24, 2.45) is 0 Å². The summed E-state index contributed by atoms with van der Waals surface area (Å²) in [5.41, 5.74) is 3.75. The molecule has 4 aromatic rings. The number of rotatable bonds is 10. The fourth-order valence-electron chi connectivity index (χ4n) is 3.80. The number of aliphatic carboxylic acids is 1. The Morgan fingerprint density at radius 2 is 1.66 bits per heavy atom. The summed E-state index contributed by atoms with van der Waals surface area (Å²) in [5, 5.41) is 9.72. The molecule has 0 saturated carbocycles. The van der Waals surface area contributed by atoms with Crippen molar-refractivity contribution in [2.45, 2.75) is 25.7 Å². The predicted molar refractivity (Wildman–Crippen MR) is 125 cm³/mol. The summed E-state index contributed by atoms with van der Waals surface area (Å²) in [6.07, 6.45) is 2.46. The van der Waals surface area contributed by atoms with Gasteiger partial charge in [-0.05, 0) is 49.1 Å². The summed E-state index contributed by atoms with van der Waals surface area (Å²) in [6.45, 7) is 0.520. The molecule has 0 radical (unpaired) electrons. The summed E-state index contributed by atoms with van der Waals surface area (Å²) in [6, 6.07) is 23.8. The summed E-state index contributed by atoms with van der Waals surface area (Å²) in [4.78, 5) is 10.7. The SMILES string of the molecule is COc1ccc(-c2c(-c3ccccc3)oc3cccc(OCCCCCC(=O)O)c23)cc1. The van der Waals surface area contributed by atoms with E-state index in [4.69, 9.17) is 19.0 Å². The Labute approximate surface area is 187 Å². The molecule has 0 saturated heterocycles. The lowest BCUT2D eigenvalue weighted by Gasteiger charge is -2.10. The highest BCUT2D eigenvalue weighted by atomic mass is 16.5. The molecule has 0 spiro atoms. The second-order valence-electron chi connectivity index (χ2n) is 7.58. The molecule has 164 valence electrons. The van der Waals surface area contributed by atoms with Gasteiger partial charge in [-0.25, -0.2) is 0 Å². The highest BCUT2D eigenvalue weighted by Gasteiger charge is 2.21. The van der Waals surface area contributed by atoms with E-state index in [0.29, 0.717) is 13.0 Å². The number of benzene rings is 3. The Morgan fingerprint density at radius 3 is 2.38 bits per heavy atom. The second kappa shape index (κ2) is 10.1. The van der Waals surface area contributed by atoms with Crippen LogP contribution in [0.1, 0.15) is 25.7 Å². The first-order valence-corrected chi connectivity index (χ1v) is 10.8. The Hall–Kier alpha value is -3.73. The summed E-state index contributed by atoms with van der Waals surface area (Å²) >= 11 is 0. The van der Waals surface area contributed by atoms with Crippen molar-refractivity contribution < 1.29 is 23.8 Å². The number of carboxylic acid groups (broad SMARTS) is 1. The van der Waals surface area contributed by atoms with Gasteiger partial charge in [-0.2, -0.15) is 0 Å². The van der Waals surface area contributed by atoms with Gasteiger partial charge in [0.05, 0.1) is 19.1 Å². The van der Waals surface area contributed by atoms with Crippen molar-refractivity contribution in [3.05, 3.63) is 72.8 Å². The molecular weight excluding hydrogens is 404 g/mol. The van der Waals surface area contributed by atoms with Crippen molar-refractivity contribution in [1.82, 2.24) is 0 Å². The number of ether oxygens (including phenoxy) is 2. The van der Waals surface area contributed by atoms with E-state index in [1.54, 1.807) is 7.11 Å². The average molecular weight is 431 g/mol. The lowest BCUT2D eigenvalue weighted by molar-refractivity contribution is -0.137. The molecule has 4 rings (SSSR count). The third-order valence-corrected chi connectivity index (χ3v) is 5.38. The van der Waals surface area contributed by atoms with E-state index in [0.717, 1.165) is 57.8 Å². The summed E-state index contributed by atoms with van der Waals surface area (Å²) in [5.74, 6) is 1.59. The van der Waals surface area contributed by atoms with Gasteiger partial charge in [0, 0.05) is 17.5 Å². The van der Waals surface area contributed by atoms with Crippen molar-refractivity contribution in [3.63, 3.8) is 0 Å². The number of hydrogen-bond acceptors (Lipinski definition) is 4. The predicted octanol–water partition coefficient (Wildman–Crippen LogP) is 6.80. The molecular formula is C27H26O5. The van der Waals surface area contributed by atoms with E-state index >= 15 is 0 Å². The normalized spacial score (nSPS) is 10.9. The maximum Gasteiger partial charge on any atom is 0.303 e. The van der Waals surface area contributed by atoms with Crippen LogP contribution in [0.25, 0.3) is 33.4 Å². The maximum absolute atomic E-state index is 10.7. The minimum atomic E-state index is -0.758. The molecule has 32 heavy (non-hydrogen) atoms. The molecule has 1 heterocycles. The zero-order chi connectivity index (χ0) is 22.3. The molecule has 0 bridgehead atoms. The van der Waals surface area contributed by atoms with Crippen molar-refractivity contribution in [1.29, 1.82) is 0 Å². The Balaban J connectivity index is 1.71. The van der Waals surface area contributed by atoms with Crippen LogP contribution in [-0.4, -0.2) is 24.8 Å². The third-order valence-electron chi connectivity index (χ3n) is 5.38. The van der Waals surface area contributed by atoms with Gasteiger partial charge in [-0.15, -0.1) is 0 Å². The van der Waals surface area contributed by atoms with E-state index < -0.39 is 5.97 Å². The van der Waals surface area contributed by atoms with Crippen LogP contribution in [0.4, 0.5) is 0 Å². The molecule has 5 nitrogen and oxygen atoms in total. The average Bonchev–Trinajstić information content (AvgIpc) is 3.22. The minimum absolute atomic E-state index is 0.194. The second-order valence-corrected chi connectivity index (χ2v) is 7.58. The van der Waals surface area contributed by atoms with Gasteiger partial charge in [-0.3, -0.25) is 4.79 Å². The number of furan rings is 1. The van der Waals surface area contributed by atoms with Gasteiger partial charge < -0.3 is 19.0 Å². The van der Waals surface area contributed by atoms with Crippen LogP contribution in [0.15, 0.2) is 77.2 Å². The van der Waals surface area contributed by atoms with Crippen LogP contribution in [-0.2, 0) is 4.79 Å². The molecule has 3 aromatic carbocycles. The molecule has 0 aliphatic carbocycles. The van der Waals surface area contributed by atoms with Crippen LogP contribution in [0.5, 0.6) is 11.5 Å². The third kappa shape index (κ3) is 4.78. The number of carboxylic acids is 1. The molecule has 0 unspecified atom stereocenters. The Kier molecular flexibility index (Phi) is 6.75. The number of unbranched alkanes of at least 4 members (excludes halogenated alkanes) is 2. The Morgan fingerprint density at radius 1 is 0.875 bits per heavy atom. The fourth-order valence-corrected chi connectivity index (χ4v) is 3.80. The first-order chi connectivity index (χ1) is 15.7. The number of hydrogen-bond donors (Lipinski definition) is 1. The summed E-state index contributed by atoms with van der Waals surface area (Å²) < 4.78 is 17.8. The fraction of sp³-hybridized carbons (Fsp3) is 0.222.